The highest BCUT2D eigenvalue weighted by molar-refractivity contribution is 6.13. The molecule has 0 saturated heterocycles. The molecule has 0 saturated carbocycles. The van der Waals surface area contributed by atoms with Gasteiger partial charge in [0, 0.05) is 12.2 Å². The van der Waals surface area contributed by atoms with E-state index >= 15 is 0 Å². The van der Waals surface area contributed by atoms with Gasteiger partial charge in [-0.2, -0.15) is 10.5 Å². The molecule has 1 heterocycles. The fraction of sp³-hybridized carbons (Fsp3) is 0.353. The number of benzene rings is 2. The summed E-state index contributed by atoms with van der Waals surface area (Å²) in [6, 6.07) is 14.7. The molecule has 0 spiro atoms. The summed E-state index contributed by atoms with van der Waals surface area (Å²) in [4.78, 5) is 0. The lowest BCUT2D eigenvalue weighted by Crippen LogP contribution is -2.26. The number of hydrogen-bond donors (Lipinski definition) is 0. The maximum absolute atomic E-state index is 5.93. The van der Waals surface area contributed by atoms with Crippen LogP contribution in [-0.2, 0) is 4.74 Å². The van der Waals surface area contributed by atoms with Crippen molar-refractivity contribution >= 4 is 16.5 Å². The molecule has 20 heavy (non-hydrogen) atoms. The quantitative estimate of drug-likeness (QED) is 0.765. The minimum Gasteiger partial charge on any atom is -0.370 e. The van der Waals surface area contributed by atoms with Crippen molar-refractivity contribution in [3.05, 3.63) is 48.0 Å². The molecule has 0 aliphatic carbocycles. The highest BCUT2D eigenvalue weighted by atomic mass is 16.5. The monoisotopic (exact) mass is 267 g/mol. The Balaban J connectivity index is 1.90. The molecular formula is C17H19N2O. The normalized spacial score (nSPS) is 18.1. The number of ether oxygens (including phenoxy) is 1. The number of rotatable bonds is 5. The Hall–Kier alpha value is -1.87. The van der Waals surface area contributed by atoms with E-state index in [1.165, 1.54) is 10.8 Å². The number of fused-ring (bicyclic) bond motifs is 1. The third-order valence-corrected chi connectivity index (χ3v) is 3.61. The summed E-state index contributed by atoms with van der Waals surface area (Å²) < 4.78 is 5.93. The van der Waals surface area contributed by atoms with Gasteiger partial charge in [0.25, 0.3) is 0 Å². The summed E-state index contributed by atoms with van der Waals surface area (Å²) in [5, 5.41) is 6.78. The molecule has 2 aromatic carbocycles. The van der Waals surface area contributed by atoms with Crippen molar-refractivity contribution in [1.82, 2.24) is 5.43 Å². The Bertz CT molecular complexity index is 616. The lowest BCUT2D eigenvalue weighted by Gasteiger charge is -2.14. The minimum atomic E-state index is 0.00681. The summed E-state index contributed by atoms with van der Waals surface area (Å²) >= 11 is 0. The SMILES string of the molecule is CCCCOC1C[N]N=C1c1cccc2ccccc12. The highest BCUT2D eigenvalue weighted by Crippen LogP contribution is 2.22. The van der Waals surface area contributed by atoms with Gasteiger partial charge in [0.1, 0.15) is 11.8 Å². The largest absolute Gasteiger partial charge is 0.370 e. The molecule has 0 N–H and O–H groups in total. The second kappa shape index (κ2) is 6.06. The third kappa shape index (κ3) is 2.54. The predicted molar refractivity (Wildman–Crippen MR) is 82.1 cm³/mol. The third-order valence-electron chi connectivity index (χ3n) is 3.61. The van der Waals surface area contributed by atoms with Gasteiger partial charge in [-0.3, -0.25) is 0 Å². The molecule has 0 aromatic heterocycles. The van der Waals surface area contributed by atoms with Crippen molar-refractivity contribution < 1.29 is 4.74 Å². The summed E-state index contributed by atoms with van der Waals surface area (Å²) in [6.45, 7) is 3.59. The van der Waals surface area contributed by atoms with Crippen molar-refractivity contribution in [2.45, 2.75) is 25.9 Å². The van der Waals surface area contributed by atoms with Crippen LogP contribution in [0.2, 0.25) is 0 Å². The van der Waals surface area contributed by atoms with Crippen molar-refractivity contribution in [3.8, 4) is 0 Å². The lowest BCUT2D eigenvalue weighted by atomic mass is 9.98. The van der Waals surface area contributed by atoms with Gasteiger partial charge in [-0.15, -0.1) is 0 Å². The van der Waals surface area contributed by atoms with Crippen LogP contribution in [-0.4, -0.2) is 25.0 Å². The molecule has 3 rings (SSSR count). The van der Waals surface area contributed by atoms with Gasteiger partial charge in [-0.25, -0.2) is 0 Å². The molecular weight excluding hydrogens is 248 g/mol. The standard InChI is InChI=1S/C17H19N2O/c1-2-3-11-20-16-12-18-19-17(16)15-10-6-8-13-7-4-5-9-14(13)15/h4-10,16H,2-3,11-12H2,1H3. The Labute approximate surface area is 119 Å². The zero-order valence-corrected chi connectivity index (χ0v) is 11.7. The molecule has 2 aromatic rings. The van der Waals surface area contributed by atoms with Crippen LogP contribution in [0, 0.1) is 0 Å². The average Bonchev–Trinajstić information content (AvgIpc) is 2.95. The van der Waals surface area contributed by atoms with E-state index in [2.05, 4.69) is 59.9 Å². The molecule has 3 heteroatoms. The van der Waals surface area contributed by atoms with Gasteiger partial charge in [-0.05, 0) is 17.2 Å². The fourth-order valence-electron chi connectivity index (χ4n) is 2.52. The molecule has 3 nitrogen and oxygen atoms in total. The van der Waals surface area contributed by atoms with E-state index in [4.69, 9.17) is 4.74 Å². The Morgan fingerprint density at radius 2 is 2.00 bits per heavy atom. The van der Waals surface area contributed by atoms with E-state index in [1.807, 2.05) is 0 Å². The molecule has 0 fully saturated rings. The van der Waals surface area contributed by atoms with Crippen LogP contribution >= 0.6 is 0 Å². The second-order valence-corrected chi connectivity index (χ2v) is 5.05. The Morgan fingerprint density at radius 3 is 2.90 bits per heavy atom. The van der Waals surface area contributed by atoms with Crippen molar-refractivity contribution in [2.24, 2.45) is 5.10 Å². The van der Waals surface area contributed by atoms with E-state index < -0.39 is 0 Å². The average molecular weight is 267 g/mol. The lowest BCUT2D eigenvalue weighted by molar-refractivity contribution is 0.101. The Kier molecular flexibility index (Phi) is 3.97. The summed E-state index contributed by atoms with van der Waals surface area (Å²) in [6.07, 6.45) is 2.23. The van der Waals surface area contributed by atoms with Gasteiger partial charge < -0.3 is 4.74 Å². The van der Waals surface area contributed by atoms with Gasteiger partial charge >= 0.3 is 0 Å². The van der Waals surface area contributed by atoms with Crippen molar-refractivity contribution in [2.75, 3.05) is 13.2 Å². The molecule has 1 aliphatic rings. The molecule has 1 aliphatic heterocycles. The van der Waals surface area contributed by atoms with Crippen LogP contribution in [0.5, 0.6) is 0 Å². The molecule has 0 amide bonds. The molecule has 1 atom stereocenters. The molecule has 103 valence electrons. The topological polar surface area (TPSA) is 35.7 Å². The first-order valence-corrected chi connectivity index (χ1v) is 7.24. The molecule has 1 unspecified atom stereocenters. The number of nitrogens with zero attached hydrogens (tertiary/aromatic N) is 2. The first-order chi connectivity index (χ1) is 9.90. The van der Waals surface area contributed by atoms with Crippen LogP contribution in [0.4, 0.5) is 0 Å². The van der Waals surface area contributed by atoms with Gasteiger partial charge in [0.05, 0.1) is 6.54 Å². The summed E-state index contributed by atoms with van der Waals surface area (Å²) in [5.74, 6) is 0. The number of unbranched alkanes of at least 4 members (excludes halogenated alkanes) is 1. The predicted octanol–water partition coefficient (Wildman–Crippen LogP) is 3.35. The maximum Gasteiger partial charge on any atom is 0.123 e. The summed E-state index contributed by atoms with van der Waals surface area (Å²) in [5.41, 5.74) is 6.29. The van der Waals surface area contributed by atoms with Crippen molar-refractivity contribution in [3.63, 3.8) is 0 Å². The zero-order chi connectivity index (χ0) is 13.8. The van der Waals surface area contributed by atoms with Crippen LogP contribution in [0.1, 0.15) is 25.3 Å². The Morgan fingerprint density at radius 1 is 1.15 bits per heavy atom. The summed E-state index contributed by atoms with van der Waals surface area (Å²) in [7, 11) is 0. The van der Waals surface area contributed by atoms with E-state index in [0.29, 0.717) is 6.54 Å². The smallest absolute Gasteiger partial charge is 0.123 e. The van der Waals surface area contributed by atoms with Crippen molar-refractivity contribution in [1.29, 1.82) is 0 Å². The zero-order valence-electron chi connectivity index (χ0n) is 11.7. The fourth-order valence-corrected chi connectivity index (χ4v) is 2.52. The van der Waals surface area contributed by atoms with E-state index in [-0.39, 0.29) is 6.10 Å². The molecule has 0 bridgehead atoms. The van der Waals surface area contributed by atoms with Crippen LogP contribution in [0.15, 0.2) is 47.6 Å². The first kappa shape index (κ1) is 13.1. The maximum atomic E-state index is 5.93. The van der Waals surface area contributed by atoms with E-state index in [9.17, 15) is 0 Å². The van der Waals surface area contributed by atoms with Gasteiger partial charge in [0.2, 0.25) is 0 Å². The van der Waals surface area contributed by atoms with E-state index in [1.54, 1.807) is 0 Å². The minimum absolute atomic E-state index is 0.00681. The van der Waals surface area contributed by atoms with Gasteiger partial charge in [0.15, 0.2) is 0 Å². The highest BCUT2D eigenvalue weighted by Gasteiger charge is 2.25. The van der Waals surface area contributed by atoms with Gasteiger partial charge in [-0.1, -0.05) is 55.8 Å². The first-order valence-electron chi connectivity index (χ1n) is 7.24. The van der Waals surface area contributed by atoms with E-state index in [0.717, 1.165) is 30.7 Å². The van der Waals surface area contributed by atoms with Crippen LogP contribution in [0.3, 0.4) is 0 Å². The second-order valence-electron chi connectivity index (χ2n) is 5.05. The van der Waals surface area contributed by atoms with Crippen LogP contribution < -0.4 is 5.43 Å². The van der Waals surface area contributed by atoms with Crippen LogP contribution in [0.25, 0.3) is 10.8 Å². The molecule has 1 radical (unpaired) electrons. The number of hydrogen-bond acceptors (Lipinski definition) is 2.